The Kier molecular flexibility index (Phi) is 5.24. The predicted molar refractivity (Wildman–Crippen MR) is 103 cm³/mol. The van der Waals surface area contributed by atoms with Gasteiger partial charge in [0.2, 0.25) is 0 Å². The van der Waals surface area contributed by atoms with Crippen molar-refractivity contribution in [2.45, 2.75) is 6.92 Å². The Morgan fingerprint density at radius 3 is 2.52 bits per heavy atom. The Hall–Kier alpha value is -3.98. The Balaban J connectivity index is 1.79. The molecular formula is C21H16N4O2. The number of pyridine rings is 1. The molecule has 1 aromatic heterocycles. The van der Waals surface area contributed by atoms with E-state index in [1.165, 1.54) is 13.1 Å². The van der Waals surface area contributed by atoms with Crippen LogP contribution >= 0.6 is 0 Å². The van der Waals surface area contributed by atoms with Crippen molar-refractivity contribution >= 4 is 28.8 Å². The lowest BCUT2D eigenvalue weighted by Crippen LogP contribution is -2.13. The van der Waals surface area contributed by atoms with Crippen molar-refractivity contribution in [3.8, 4) is 6.07 Å². The van der Waals surface area contributed by atoms with Gasteiger partial charge in [0.05, 0.1) is 28.7 Å². The van der Waals surface area contributed by atoms with Gasteiger partial charge in [-0.05, 0) is 37.3 Å². The minimum atomic E-state index is -0.347. The van der Waals surface area contributed by atoms with Gasteiger partial charge in [0, 0.05) is 17.4 Å². The lowest BCUT2D eigenvalue weighted by molar-refractivity contribution is 0.101. The minimum Gasteiger partial charge on any atom is -0.353 e. The van der Waals surface area contributed by atoms with Crippen LogP contribution < -0.4 is 10.6 Å². The zero-order valence-corrected chi connectivity index (χ0v) is 14.6. The Labute approximate surface area is 156 Å². The van der Waals surface area contributed by atoms with E-state index in [1.807, 2.05) is 6.07 Å². The number of nitrogens with one attached hydrogen (secondary N) is 2. The molecule has 6 nitrogen and oxygen atoms in total. The molecular weight excluding hydrogens is 340 g/mol. The molecule has 1 amide bonds. The first-order chi connectivity index (χ1) is 13.1. The summed E-state index contributed by atoms with van der Waals surface area (Å²) in [4.78, 5) is 28.1. The fourth-order valence-corrected chi connectivity index (χ4v) is 2.50. The van der Waals surface area contributed by atoms with Gasteiger partial charge in [0.15, 0.2) is 5.78 Å². The van der Waals surface area contributed by atoms with E-state index in [0.29, 0.717) is 33.8 Å². The van der Waals surface area contributed by atoms with Gasteiger partial charge < -0.3 is 10.6 Å². The van der Waals surface area contributed by atoms with Crippen molar-refractivity contribution in [3.63, 3.8) is 0 Å². The van der Waals surface area contributed by atoms with Crippen LogP contribution in [-0.2, 0) is 0 Å². The summed E-state index contributed by atoms with van der Waals surface area (Å²) in [5.74, 6) is -0.421. The maximum absolute atomic E-state index is 12.5. The largest absolute Gasteiger partial charge is 0.353 e. The normalized spacial score (nSPS) is 9.93. The van der Waals surface area contributed by atoms with Gasteiger partial charge in [0.1, 0.15) is 6.07 Å². The number of Topliss-reactive ketones (excluding diaryl/α,β-unsaturated/α-hetero) is 1. The van der Waals surface area contributed by atoms with E-state index in [9.17, 15) is 14.9 Å². The number of anilines is 3. The van der Waals surface area contributed by atoms with E-state index in [4.69, 9.17) is 0 Å². The molecule has 3 aromatic rings. The maximum Gasteiger partial charge on any atom is 0.257 e. The van der Waals surface area contributed by atoms with Crippen molar-refractivity contribution in [2.24, 2.45) is 0 Å². The molecule has 27 heavy (non-hydrogen) atoms. The zero-order valence-electron chi connectivity index (χ0n) is 14.6. The maximum atomic E-state index is 12.5. The summed E-state index contributed by atoms with van der Waals surface area (Å²) in [6.07, 6.45) is 3.02. The van der Waals surface area contributed by atoms with Crippen molar-refractivity contribution < 1.29 is 9.59 Å². The molecule has 0 atom stereocenters. The number of para-hydroxylation sites is 1. The average molecular weight is 356 g/mol. The number of hydrogen-bond donors (Lipinski definition) is 2. The summed E-state index contributed by atoms with van der Waals surface area (Å²) in [6.45, 7) is 1.47. The number of benzene rings is 2. The van der Waals surface area contributed by atoms with Gasteiger partial charge in [-0.25, -0.2) is 0 Å². The highest BCUT2D eigenvalue weighted by molar-refractivity contribution is 6.05. The summed E-state index contributed by atoms with van der Waals surface area (Å²) in [5.41, 5.74) is 3.11. The lowest BCUT2D eigenvalue weighted by atomic mass is 10.1. The Morgan fingerprint density at radius 1 is 0.963 bits per heavy atom. The van der Waals surface area contributed by atoms with Crippen molar-refractivity contribution in [1.29, 1.82) is 5.26 Å². The summed E-state index contributed by atoms with van der Waals surface area (Å²) >= 11 is 0. The van der Waals surface area contributed by atoms with Gasteiger partial charge in [0.25, 0.3) is 5.91 Å². The highest BCUT2D eigenvalue weighted by atomic mass is 16.1. The molecule has 0 aliphatic carbocycles. The summed E-state index contributed by atoms with van der Waals surface area (Å²) in [5, 5.41) is 15.0. The van der Waals surface area contributed by atoms with E-state index < -0.39 is 0 Å². The highest BCUT2D eigenvalue weighted by Crippen LogP contribution is 2.21. The monoisotopic (exact) mass is 356 g/mol. The quantitative estimate of drug-likeness (QED) is 0.670. The third kappa shape index (κ3) is 4.35. The van der Waals surface area contributed by atoms with Gasteiger partial charge >= 0.3 is 0 Å². The van der Waals surface area contributed by atoms with E-state index >= 15 is 0 Å². The van der Waals surface area contributed by atoms with Gasteiger partial charge in [-0.3, -0.25) is 14.6 Å². The summed E-state index contributed by atoms with van der Waals surface area (Å²) < 4.78 is 0. The molecule has 2 N–H and O–H groups in total. The fraction of sp³-hybridized carbons (Fsp3) is 0.0476. The summed E-state index contributed by atoms with van der Waals surface area (Å²) in [7, 11) is 0. The first-order valence-corrected chi connectivity index (χ1v) is 8.20. The van der Waals surface area contributed by atoms with Gasteiger partial charge in [-0.2, -0.15) is 5.26 Å². The molecule has 0 fully saturated rings. The van der Waals surface area contributed by atoms with Crippen LogP contribution in [-0.4, -0.2) is 16.7 Å². The molecule has 3 rings (SSSR count). The Bertz CT molecular complexity index is 1050. The van der Waals surface area contributed by atoms with E-state index in [-0.39, 0.29) is 11.7 Å². The molecule has 1 heterocycles. The highest BCUT2D eigenvalue weighted by Gasteiger charge is 2.10. The number of hydrogen-bond acceptors (Lipinski definition) is 5. The van der Waals surface area contributed by atoms with E-state index in [2.05, 4.69) is 21.7 Å². The topological polar surface area (TPSA) is 94.9 Å². The predicted octanol–water partition coefficient (Wildman–Crippen LogP) is 4.15. The van der Waals surface area contributed by atoms with Crippen LogP contribution in [0, 0.1) is 11.3 Å². The molecule has 0 saturated heterocycles. The first kappa shape index (κ1) is 17.8. The second-order valence-electron chi connectivity index (χ2n) is 5.84. The van der Waals surface area contributed by atoms with E-state index in [0.717, 1.165) is 0 Å². The third-order valence-corrected chi connectivity index (χ3v) is 3.85. The summed E-state index contributed by atoms with van der Waals surface area (Å²) in [6, 6.07) is 17.6. The number of nitriles is 1. The van der Waals surface area contributed by atoms with Crippen LogP contribution in [0.25, 0.3) is 0 Å². The molecule has 132 valence electrons. The lowest BCUT2D eigenvalue weighted by Gasteiger charge is -2.10. The number of amides is 1. The molecule has 0 unspecified atom stereocenters. The smallest absolute Gasteiger partial charge is 0.257 e. The molecule has 0 saturated carbocycles. The number of aromatic nitrogens is 1. The number of carbonyl (C=O) groups is 2. The number of carbonyl (C=O) groups excluding carboxylic acids is 2. The SMILES string of the molecule is CC(=O)c1cccc(NC(=O)c2cncc(Nc3ccccc3C#N)c2)c1. The van der Waals surface area contributed by atoms with Crippen LogP contribution in [0.2, 0.25) is 0 Å². The van der Waals surface area contributed by atoms with Crippen molar-refractivity contribution in [2.75, 3.05) is 10.6 Å². The number of nitrogens with zero attached hydrogens (tertiary/aromatic N) is 2. The first-order valence-electron chi connectivity index (χ1n) is 8.20. The van der Waals surface area contributed by atoms with Gasteiger partial charge in [-0.1, -0.05) is 24.3 Å². The Morgan fingerprint density at radius 2 is 1.74 bits per heavy atom. The molecule has 0 aliphatic heterocycles. The third-order valence-electron chi connectivity index (χ3n) is 3.85. The standard InChI is InChI=1S/C21H16N4O2/c1-14(26)15-6-4-7-18(9-15)25-21(27)17-10-19(13-23-12-17)24-20-8-3-2-5-16(20)11-22/h2-10,12-13,24H,1H3,(H,25,27). The zero-order chi connectivity index (χ0) is 19.2. The van der Waals surface area contributed by atoms with Crippen molar-refractivity contribution in [3.05, 3.63) is 83.7 Å². The fourth-order valence-electron chi connectivity index (χ4n) is 2.50. The minimum absolute atomic E-state index is 0.0740. The van der Waals surface area contributed by atoms with E-state index in [1.54, 1.807) is 54.7 Å². The van der Waals surface area contributed by atoms with Crippen LogP contribution in [0.5, 0.6) is 0 Å². The van der Waals surface area contributed by atoms with Crippen molar-refractivity contribution in [1.82, 2.24) is 4.98 Å². The average Bonchev–Trinajstić information content (AvgIpc) is 2.69. The second kappa shape index (κ2) is 7.93. The molecule has 6 heteroatoms. The molecule has 0 aliphatic rings. The van der Waals surface area contributed by atoms with Crippen LogP contribution in [0.4, 0.5) is 17.1 Å². The molecule has 0 bridgehead atoms. The number of rotatable bonds is 5. The molecule has 2 aromatic carbocycles. The van der Waals surface area contributed by atoms with Gasteiger partial charge in [-0.15, -0.1) is 0 Å². The van der Waals surface area contributed by atoms with Crippen LogP contribution in [0.15, 0.2) is 67.0 Å². The number of ketones is 1. The second-order valence-corrected chi connectivity index (χ2v) is 5.84. The van der Waals surface area contributed by atoms with Crippen LogP contribution in [0.1, 0.15) is 33.2 Å². The molecule has 0 radical (unpaired) electrons. The molecule has 0 spiro atoms. The van der Waals surface area contributed by atoms with Crippen LogP contribution in [0.3, 0.4) is 0 Å².